The largest absolute Gasteiger partial charge is 0.365 e. The summed E-state index contributed by atoms with van der Waals surface area (Å²) >= 11 is 0. The van der Waals surface area contributed by atoms with Crippen molar-refractivity contribution in [2.45, 2.75) is 44.2 Å². The lowest BCUT2D eigenvalue weighted by atomic mass is 9.33. The second-order valence-electron chi connectivity index (χ2n) is 27.9. The Morgan fingerprint density at radius 3 is 0.949 bits per heavy atom. The van der Waals surface area contributed by atoms with Crippen LogP contribution in [0.25, 0.3) is 105 Å². The zero-order chi connectivity index (χ0) is 64.4. The molecule has 4 bridgehead atoms. The molecule has 6 aliphatic rings. The van der Waals surface area contributed by atoms with Crippen LogP contribution in [0.15, 0.2) is 334 Å². The molecule has 2 saturated carbocycles. The highest BCUT2D eigenvalue weighted by Gasteiger charge is 2.49. The molecule has 5 heteroatoms. The van der Waals surface area contributed by atoms with Crippen LogP contribution in [0.2, 0.25) is 0 Å². The Kier molecular flexibility index (Phi) is 13.3. The number of rotatable bonds is 11. The van der Waals surface area contributed by atoms with Crippen molar-refractivity contribution in [1.29, 1.82) is 0 Å². The first-order valence-corrected chi connectivity index (χ1v) is 35.2. The highest BCUT2D eigenvalue weighted by molar-refractivity contribution is 7.00. The topological polar surface area (TPSA) is 14.7 Å². The molecule has 0 amide bonds. The Morgan fingerprint density at radius 1 is 0.255 bits per heavy atom. The summed E-state index contributed by atoms with van der Waals surface area (Å²) in [5, 5.41) is 2.48. The Morgan fingerprint density at radius 2 is 0.571 bits per heavy atom. The zero-order valence-electron chi connectivity index (χ0n) is 54.5. The molecule has 4 nitrogen and oxygen atoms in total. The summed E-state index contributed by atoms with van der Waals surface area (Å²) in [5.74, 6) is 1.64. The Balaban J connectivity index is 0.957. The maximum absolute atomic E-state index is 2.91. The molecule has 4 aliphatic heterocycles. The lowest BCUT2D eigenvalue weighted by Crippen LogP contribution is -2.62. The number of nitrogens with zero attached hydrogens (tertiary/aromatic N) is 4. The Bertz CT molecular complexity index is 5380. The second-order valence-corrected chi connectivity index (χ2v) is 27.9. The smallest absolute Gasteiger partial charge is 0.252 e. The molecule has 21 rings (SSSR count). The number of para-hydroxylation sites is 2. The van der Waals surface area contributed by atoms with Gasteiger partial charge in [0.25, 0.3) is 6.71 Å². The van der Waals surface area contributed by atoms with E-state index in [1.165, 1.54) is 126 Å². The van der Waals surface area contributed by atoms with E-state index in [0.29, 0.717) is 12.1 Å². The average Bonchev–Trinajstić information content (AvgIpc) is 0.755. The van der Waals surface area contributed by atoms with Gasteiger partial charge in [-0.2, -0.15) is 0 Å². The Labute approximate surface area is 573 Å². The minimum Gasteiger partial charge on any atom is -0.365 e. The predicted molar refractivity (Wildman–Crippen MR) is 413 cm³/mol. The molecule has 0 spiro atoms. The monoisotopic (exact) mass is 1250 g/mol. The molecule has 98 heavy (non-hydrogen) atoms. The first-order valence-electron chi connectivity index (χ1n) is 35.2. The third-order valence-electron chi connectivity index (χ3n) is 22.4. The van der Waals surface area contributed by atoms with Gasteiger partial charge in [0.2, 0.25) is 0 Å². The van der Waals surface area contributed by atoms with Gasteiger partial charge in [0, 0.05) is 79.2 Å². The fraction of sp³-hybridized carbons (Fsp3) is 0.0968. The molecule has 15 aromatic rings. The van der Waals surface area contributed by atoms with Crippen LogP contribution in [0.3, 0.4) is 0 Å². The maximum Gasteiger partial charge on any atom is 0.252 e. The summed E-state index contributed by atoms with van der Waals surface area (Å²) < 4.78 is 2.51. The summed E-state index contributed by atoms with van der Waals surface area (Å²) in [6, 6.07) is 127. The van der Waals surface area contributed by atoms with Gasteiger partial charge in [0.1, 0.15) is 0 Å². The molecule has 2 saturated heterocycles. The minimum absolute atomic E-state index is 0.190. The fourth-order valence-corrected chi connectivity index (χ4v) is 18.4. The first kappa shape index (κ1) is 56.7. The lowest BCUT2D eigenvalue weighted by Gasteiger charge is -2.57. The van der Waals surface area contributed by atoms with E-state index in [0.717, 1.165) is 79.2 Å². The first-order chi connectivity index (χ1) is 48.6. The van der Waals surface area contributed by atoms with Crippen LogP contribution < -0.4 is 31.1 Å². The van der Waals surface area contributed by atoms with Crippen LogP contribution in [-0.4, -0.2) is 23.4 Å². The summed E-state index contributed by atoms with van der Waals surface area (Å²) in [6.45, 7) is -0.190. The second kappa shape index (κ2) is 23.0. The van der Waals surface area contributed by atoms with Crippen LogP contribution in [0.4, 0.5) is 39.8 Å². The molecule has 464 valence electrons. The molecule has 0 unspecified atom stereocenters. The van der Waals surface area contributed by atoms with E-state index in [4.69, 9.17) is 0 Å². The van der Waals surface area contributed by atoms with E-state index in [1.54, 1.807) is 0 Å². The number of aromatic nitrogens is 1. The predicted octanol–water partition coefficient (Wildman–Crippen LogP) is 22.3. The van der Waals surface area contributed by atoms with E-state index < -0.39 is 0 Å². The van der Waals surface area contributed by atoms with Gasteiger partial charge in [-0.25, -0.2) is 0 Å². The highest BCUT2D eigenvalue weighted by atomic mass is 15.2. The molecule has 4 fully saturated rings. The van der Waals surface area contributed by atoms with E-state index in [2.05, 4.69) is 353 Å². The molecular weight excluding hydrogens is 1180 g/mol. The van der Waals surface area contributed by atoms with Crippen LogP contribution in [0, 0.1) is 11.8 Å². The molecule has 1 aromatic heterocycles. The number of benzene rings is 14. The third kappa shape index (κ3) is 9.20. The van der Waals surface area contributed by atoms with Crippen molar-refractivity contribution in [1.82, 2.24) is 4.57 Å². The van der Waals surface area contributed by atoms with Gasteiger partial charge in [0.15, 0.2) is 0 Å². The van der Waals surface area contributed by atoms with Crippen molar-refractivity contribution >= 4 is 84.7 Å². The van der Waals surface area contributed by atoms with Gasteiger partial charge in [0.05, 0.1) is 22.4 Å². The summed E-state index contributed by atoms with van der Waals surface area (Å²) in [7, 11) is 0. The van der Waals surface area contributed by atoms with Crippen molar-refractivity contribution in [2.75, 3.05) is 14.7 Å². The van der Waals surface area contributed by atoms with Crippen LogP contribution in [0.1, 0.15) is 32.1 Å². The van der Waals surface area contributed by atoms with E-state index >= 15 is 0 Å². The Hall–Kier alpha value is -11.7. The number of hydrogen-bond donors (Lipinski definition) is 0. The number of piperidine rings is 2. The van der Waals surface area contributed by atoms with Crippen molar-refractivity contribution in [3.8, 4) is 83.6 Å². The van der Waals surface area contributed by atoms with Crippen molar-refractivity contribution < 1.29 is 0 Å². The molecule has 0 radical (unpaired) electrons. The van der Waals surface area contributed by atoms with Crippen LogP contribution in [-0.2, 0) is 0 Å². The number of fused-ring (bicyclic) bond motifs is 7. The summed E-state index contributed by atoms with van der Waals surface area (Å²) in [5.41, 5.74) is 31.9. The molecule has 5 heterocycles. The van der Waals surface area contributed by atoms with Gasteiger partial charge < -0.3 is 19.3 Å². The number of anilines is 7. The van der Waals surface area contributed by atoms with Gasteiger partial charge >= 0.3 is 0 Å². The zero-order valence-corrected chi connectivity index (χ0v) is 54.5. The minimum atomic E-state index is -0.190. The third-order valence-corrected chi connectivity index (χ3v) is 22.4. The van der Waals surface area contributed by atoms with Crippen molar-refractivity contribution in [3.63, 3.8) is 0 Å². The summed E-state index contributed by atoms with van der Waals surface area (Å²) in [4.78, 5) is 8.40. The molecule has 0 N–H and O–H groups in total. The van der Waals surface area contributed by atoms with Gasteiger partial charge in [-0.15, -0.1) is 0 Å². The van der Waals surface area contributed by atoms with E-state index in [-0.39, 0.29) is 6.71 Å². The number of hydrogen-bond acceptors (Lipinski definition) is 3. The lowest BCUT2D eigenvalue weighted by molar-refractivity contribution is 0.0900. The summed E-state index contributed by atoms with van der Waals surface area (Å²) in [6.07, 6.45) is 6.51. The van der Waals surface area contributed by atoms with Crippen LogP contribution in [0.5, 0.6) is 0 Å². The quantitative estimate of drug-likeness (QED) is 0.120. The normalized spacial score (nSPS) is 17.1. The molecule has 2 aliphatic carbocycles. The molecular formula is C93H69BN4. The SMILES string of the molecule is c1ccc(-c2cc(-c3ccccc3)c(N3c4cc(N5C6CC7CC(C6)CC5C7)ccc4B4c5ccc(-n6c7ccccc7c7ccccc76)cc5N(c5c(-c6ccccc6)cc(-c6ccccc6)cc5-c5ccccc5)c5cc(-c6ccccc6)cc3c54)c(-c3ccccc3)c2)cc1. The van der Waals surface area contributed by atoms with Crippen molar-refractivity contribution in [2.24, 2.45) is 11.8 Å². The standard InChI is InChI=1S/C93H69BN4/c1-8-26-63(27-9-1)70-53-79(66-32-14-4-15-33-66)92(80(54-70)67-34-16-5-17-35-67)97-87-59-73(95-75-49-61-48-62(51-75)52-76(95)50-61)44-46-83(87)94-84-47-45-74(96-85-42-24-22-40-77(85)78-41-23-25-43-86(78)96)60-88(84)98(90-58-72(57-89(97)91(90)94)65-30-12-3-13-31-65)93-81(68-36-18-6-19-37-68)55-71(64-28-10-2-11-29-64)56-82(93)69-38-20-7-21-39-69/h1-47,53-62,75-76H,48-52H2. The van der Waals surface area contributed by atoms with Gasteiger partial charge in [-0.1, -0.05) is 261 Å². The fourth-order valence-electron chi connectivity index (χ4n) is 18.4. The van der Waals surface area contributed by atoms with E-state index in [1.807, 2.05) is 0 Å². The van der Waals surface area contributed by atoms with Gasteiger partial charge in [-0.05, 0) is 189 Å². The molecule has 0 atom stereocenters. The van der Waals surface area contributed by atoms with Crippen molar-refractivity contribution in [3.05, 3.63) is 334 Å². The van der Waals surface area contributed by atoms with Gasteiger partial charge in [-0.3, -0.25) is 0 Å². The van der Waals surface area contributed by atoms with E-state index in [9.17, 15) is 0 Å². The average molecular weight is 1250 g/mol. The molecule has 14 aromatic carbocycles. The van der Waals surface area contributed by atoms with Crippen LogP contribution >= 0.6 is 0 Å². The maximum atomic E-state index is 2.91. The highest BCUT2D eigenvalue weighted by Crippen LogP contribution is 2.57.